The molecule has 0 spiro atoms. The van der Waals surface area contributed by atoms with Gasteiger partial charge in [0.2, 0.25) is 0 Å². The maximum atomic E-state index is 11.8. The number of aliphatic hydroxyl groups is 2. The number of β-amino-alcohol motifs (C(OH)–C–C–N with tert-alkyl or cyclic N) is 1. The van der Waals surface area contributed by atoms with E-state index in [-0.39, 0.29) is 12.7 Å². The molecule has 2 rings (SSSR count). The van der Waals surface area contributed by atoms with Crippen LogP contribution >= 0.6 is 0 Å². The summed E-state index contributed by atoms with van der Waals surface area (Å²) in [6, 6.07) is 0. The molecular weight excluding hydrogens is 236 g/mol. The smallest absolute Gasteiger partial charge is 0.410 e. The Bertz CT molecular complexity index is 340. The normalized spacial score (nSPS) is 25.1. The number of nitrogens with zero attached hydrogens (tertiary/aromatic N) is 1. The van der Waals surface area contributed by atoms with E-state index < -0.39 is 16.6 Å². The molecule has 3 N–H and O–H groups in total. The summed E-state index contributed by atoms with van der Waals surface area (Å²) in [5.74, 6) is 0. The third-order valence-electron chi connectivity index (χ3n) is 3.76. The molecule has 0 radical (unpaired) electrons. The van der Waals surface area contributed by atoms with Crippen LogP contribution < -0.4 is 5.32 Å². The molecule has 6 heteroatoms. The van der Waals surface area contributed by atoms with Crippen LogP contribution in [0.3, 0.4) is 0 Å². The number of hydrogen-bond acceptors (Lipinski definition) is 5. The molecule has 0 atom stereocenters. The van der Waals surface area contributed by atoms with E-state index in [0.717, 1.165) is 0 Å². The van der Waals surface area contributed by atoms with Crippen molar-refractivity contribution in [2.24, 2.45) is 5.41 Å². The van der Waals surface area contributed by atoms with Gasteiger partial charge in [0.05, 0.1) is 12.0 Å². The lowest BCUT2D eigenvalue weighted by Gasteiger charge is -2.60. The van der Waals surface area contributed by atoms with Gasteiger partial charge in [-0.1, -0.05) is 0 Å². The third-order valence-corrected chi connectivity index (χ3v) is 3.76. The zero-order valence-corrected chi connectivity index (χ0v) is 11.2. The van der Waals surface area contributed by atoms with Crippen LogP contribution in [0.1, 0.15) is 20.8 Å². The number of likely N-dealkylation sites (tertiary alicyclic amines) is 1. The fourth-order valence-electron chi connectivity index (χ4n) is 2.42. The molecule has 6 nitrogen and oxygen atoms in total. The van der Waals surface area contributed by atoms with E-state index in [1.807, 2.05) is 20.8 Å². The molecule has 0 bridgehead atoms. The molecule has 104 valence electrons. The Balaban J connectivity index is 1.94. The van der Waals surface area contributed by atoms with Crippen molar-refractivity contribution >= 4 is 6.09 Å². The van der Waals surface area contributed by atoms with Crippen LogP contribution in [0.5, 0.6) is 0 Å². The van der Waals surface area contributed by atoms with Crippen molar-refractivity contribution in [3.63, 3.8) is 0 Å². The lowest BCUT2D eigenvalue weighted by molar-refractivity contribution is -0.196. The fraction of sp³-hybridized carbons (Fsp3) is 0.917. The molecule has 0 aromatic rings. The second-order valence-electron chi connectivity index (χ2n) is 6.41. The van der Waals surface area contributed by atoms with E-state index in [9.17, 15) is 15.0 Å². The lowest BCUT2D eigenvalue weighted by Crippen LogP contribution is -2.79. The highest BCUT2D eigenvalue weighted by Gasteiger charge is 2.61. The minimum atomic E-state index is -0.903. The lowest BCUT2D eigenvalue weighted by atomic mass is 9.64. The molecule has 0 saturated carbocycles. The van der Waals surface area contributed by atoms with E-state index in [4.69, 9.17) is 4.74 Å². The minimum Gasteiger partial charge on any atom is -0.444 e. The average molecular weight is 258 g/mol. The van der Waals surface area contributed by atoms with Crippen molar-refractivity contribution in [3.8, 4) is 0 Å². The largest absolute Gasteiger partial charge is 0.444 e. The average Bonchev–Trinajstić information content (AvgIpc) is 2.11. The van der Waals surface area contributed by atoms with E-state index in [2.05, 4.69) is 5.32 Å². The highest BCUT2D eigenvalue weighted by molar-refractivity contribution is 5.69. The van der Waals surface area contributed by atoms with Crippen molar-refractivity contribution in [1.29, 1.82) is 0 Å². The van der Waals surface area contributed by atoms with Crippen molar-refractivity contribution in [1.82, 2.24) is 10.2 Å². The van der Waals surface area contributed by atoms with Crippen LogP contribution in [0.15, 0.2) is 0 Å². The quantitative estimate of drug-likeness (QED) is 0.625. The second kappa shape index (κ2) is 4.08. The zero-order valence-electron chi connectivity index (χ0n) is 11.2. The maximum Gasteiger partial charge on any atom is 0.410 e. The monoisotopic (exact) mass is 258 g/mol. The van der Waals surface area contributed by atoms with E-state index in [0.29, 0.717) is 26.2 Å². The highest BCUT2D eigenvalue weighted by Crippen LogP contribution is 2.43. The summed E-state index contributed by atoms with van der Waals surface area (Å²) in [5, 5.41) is 22.8. The molecular formula is C12H22N2O4. The second-order valence-corrected chi connectivity index (χ2v) is 6.41. The molecule has 0 unspecified atom stereocenters. The number of amides is 1. The first-order chi connectivity index (χ1) is 8.21. The van der Waals surface area contributed by atoms with E-state index in [1.165, 1.54) is 4.90 Å². The molecule has 0 aromatic heterocycles. The Morgan fingerprint density at radius 1 is 1.39 bits per heavy atom. The molecule has 18 heavy (non-hydrogen) atoms. The Morgan fingerprint density at radius 2 is 1.94 bits per heavy atom. The van der Waals surface area contributed by atoms with Crippen LogP contribution in [0, 0.1) is 5.41 Å². The van der Waals surface area contributed by atoms with Gasteiger partial charge < -0.3 is 25.2 Å². The van der Waals surface area contributed by atoms with Gasteiger partial charge in [0, 0.05) is 26.2 Å². The summed E-state index contributed by atoms with van der Waals surface area (Å²) in [5.41, 5.74) is -2.03. The van der Waals surface area contributed by atoms with Crippen molar-refractivity contribution in [2.75, 3.05) is 32.8 Å². The maximum absolute atomic E-state index is 11.8. The third kappa shape index (κ3) is 2.08. The van der Waals surface area contributed by atoms with Gasteiger partial charge in [0.25, 0.3) is 0 Å². The van der Waals surface area contributed by atoms with Gasteiger partial charge in [-0.25, -0.2) is 4.79 Å². The Labute approximate surface area is 107 Å². The van der Waals surface area contributed by atoms with Gasteiger partial charge in [0.1, 0.15) is 11.2 Å². The van der Waals surface area contributed by atoms with Crippen LogP contribution in [0.25, 0.3) is 0 Å². The van der Waals surface area contributed by atoms with Crippen molar-refractivity contribution in [2.45, 2.75) is 32.0 Å². The van der Waals surface area contributed by atoms with Gasteiger partial charge in [0.15, 0.2) is 0 Å². The number of carbonyl (C=O) groups is 1. The molecule has 2 heterocycles. The first-order valence-corrected chi connectivity index (χ1v) is 6.23. The summed E-state index contributed by atoms with van der Waals surface area (Å²) in [7, 11) is 0. The molecule has 2 saturated heterocycles. The fourth-order valence-corrected chi connectivity index (χ4v) is 2.42. The van der Waals surface area contributed by atoms with Gasteiger partial charge in [-0.3, -0.25) is 0 Å². The number of ether oxygens (including phenoxy) is 1. The summed E-state index contributed by atoms with van der Waals surface area (Å²) in [6.45, 7) is 6.94. The Morgan fingerprint density at radius 3 is 2.28 bits per heavy atom. The molecule has 2 aliphatic heterocycles. The summed E-state index contributed by atoms with van der Waals surface area (Å²) in [6.07, 6.45) is -0.387. The summed E-state index contributed by atoms with van der Waals surface area (Å²) in [4.78, 5) is 13.3. The standard InChI is InChI=1S/C12H22N2O4/c1-10(2,3)18-9(16)14-6-11(7-14,8-15)12(17)4-13-5-12/h13,15,17H,4-8H2,1-3H3. The van der Waals surface area contributed by atoms with Crippen LogP contribution in [0.4, 0.5) is 4.79 Å². The Kier molecular flexibility index (Phi) is 3.08. The van der Waals surface area contributed by atoms with E-state index in [1.54, 1.807) is 0 Å². The minimum absolute atomic E-state index is 0.121. The van der Waals surface area contributed by atoms with Crippen molar-refractivity contribution < 1.29 is 19.7 Å². The number of carbonyl (C=O) groups excluding carboxylic acids is 1. The molecule has 0 aliphatic carbocycles. The zero-order chi connectivity index (χ0) is 13.6. The van der Waals surface area contributed by atoms with Gasteiger partial charge >= 0.3 is 6.09 Å². The summed E-state index contributed by atoms with van der Waals surface area (Å²) >= 11 is 0. The predicted molar refractivity (Wildman–Crippen MR) is 65.1 cm³/mol. The predicted octanol–water partition coefficient (Wildman–Crippen LogP) is -0.450. The van der Waals surface area contributed by atoms with Gasteiger partial charge in [-0.15, -0.1) is 0 Å². The molecule has 2 fully saturated rings. The molecule has 0 aromatic carbocycles. The highest BCUT2D eigenvalue weighted by atomic mass is 16.6. The van der Waals surface area contributed by atoms with Crippen molar-refractivity contribution in [3.05, 3.63) is 0 Å². The number of hydrogen-bond donors (Lipinski definition) is 3. The summed E-state index contributed by atoms with van der Waals surface area (Å²) < 4.78 is 5.25. The van der Waals surface area contributed by atoms with Crippen LogP contribution in [0.2, 0.25) is 0 Å². The SMILES string of the molecule is CC(C)(C)OC(=O)N1CC(CO)(C2(O)CNC2)C1. The van der Waals surface area contributed by atoms with Gasteiger partial charge in [-0.05, 0) is 20.8 Å². The number of nitrogens with one attached hydrogen (secondary N) is 1. The molecule has 2 aliphatic rings. The number of aliphatic hydroxyl groups excluding tert-OH is 1. The Hall–Kier alpha value is -0.850. The first-order valence-electron chi connectivity index (χ1n) is 6.23. The first kappa shape index (κ1) is 13.6. The molecule has 1 amide bonds. The van der Waals surface area contributed by atoms with E-state index >= 15 is 0 Å². The van der Waals surface area contributed by atoms with Gasteiger partial charge in [-0.2, -0.15) is 0 Å². The number of rotatable bonds is 2. The topological polar surface area (TPSA) is 82.0 Å². The van der Waals surface area contributed by atoms with Crippen LogP contribution in [-0.4, -0.2) is 65.2 Å². The van der Waals surface area contributed by atoms with Crippen LogP contribution in [-0.2, 0) is 4.74 Å².